The molecule has 1 aromatic carbocycles. The summed E-state index contributed by atoms with van der Waals surface area (Å²) in [6, 6.07) is 9.52. The fourth-order valence-corrected chi connectivity index (χ4v) is 3.04. The molecule has 3 aromatic rings. The first-order chi connectivity index (χ1) is 12.2. The van der Waals surface area contributed by atoms with Crippen molar-refractivity contribution in [2.45, 2.75) is 25.3 Å². The molecule has 25 heavy (non-hydrogen) atoms. The highest BCUT2D eigenvalue weighted by molar-refractivity contribution is 5.85. The molecule has 1 aliphatic rings. The van der Waals surface area contributed by atoms with Crippen LogP contribution in [0.3, 0.4) is 0 Å². The summed E-state index contributed by atoms with van der Waals surface area (Å²) in [6.45, 7) is 0.714. The first-order valence-electron chi connectivity index (χ1n) is 8.36. The summed E-state index contributed by atoms with van der Waals surface area (Å²) < 4.78 is 14.9. The molecule has 1 amide bonds. The molecular weight excluding hydrogens is 321 g/mol. The molecule has 2 N–H and O–H groups in total. The number of benzene rings is 1. The van der Waals surface area contributed by atoms with E-state index in [-0.39, 0.29) is 17.8 Å². The van der Waals surface area contributed by atoms with E-state index in [1.165, 1.54) is 12.1 Å². The number of carbonyl (C=O) groups excluding carboxylic acids is 1. The molecular formula is C18H18FN5O. The zero-order valence-electron chi connectivity index (χ0n) is 13.6. The Kier molecular flexibility index (Phi) is 4.05. The van der Waals surface area contributed by atoms with Gasteiger partial charge in [0.05, 0.1) is 11.9 Å². The minimum absolute atomic E-state index is 0.00190. The summed E-state index contributed by atoms with van der Waals surface area (Å²) in [6.07, 6.45) is 4.39. The maximum atomic E-state index is 13.2. The fraction of sp³-hybridized carbons (Fsp3) is 0.278. The topological polar surface area (TPSA) is 71.3 Å². The highest BCUT2D eigenvalue weighted by Gasteiger charge is 2.22. The summed E-state index contributed by atoms with van der Waals surface area (Å²) in [7, 11) is 0. The van der Waals surface area contributed by atoms with Crippen molar-refractivity contribution in [1.82, 2.24) is 19.9 Å². The number of rotatable bonds is 3. The minimum atomic E-state index is -0.307. The molecule has 128 valence electrons. The molecule has 1 fully saturated rings. The lowest BCUT2D eigenvalue weighted by Crippen LogP contribution is -2.38. The number of hydrogen-bond donors (Lipinski definition) is 2. The van der Waals surface area contributed by atoms with Crippen LogP contribution >= 0.6 is 0 Å². The molecule has 0 radical (unpaired) electrons. The maximum absolute atomic E-state index is 13.2. The van der Waals surface area contributed by atoms with Crippen molar-refractivity contribution < 1.29 is 9.18 Å². The van der Waals surface area contributed by atoms with Crippen LogP contribution in [0.25, 0.3) is 16.9 Å². The zero-order chi connectivity index (χ0) is 17.2. The highest BCUT2D eigenvalue weighted by Crippen LogP contribution is 2.23. The lowest BCUT2D eigenvalue weighted by atomic mass is 10.1. The van der Waals surface area contributed by atoms with E-state index >= 15 is 0 Å². The first kappa shape index (κ1) is 15.6. The molecule has 3 heterocycles. The lowest BCUT2D eigenvalue weighted by Gasteiger charge is -2.18. The van der Waals surface area contributed by atoms with Crippen LogP contribution < -0.4 is 10.6 Å². The second-order valence-electron chi connectivity index (χ2n) is 6.12. The Labute approximate surface area is 144 Å². The molecule has 1 saturated heterocycles. The fourth-order valence-electron chi connectivity index (χ4n) is 3.04. The maximum Gasteiger partial charge on any atom is 0.242 e. The van der Waals surface area contributed by atoms with Gasteiger partial charge in [0, 0.05) is 24.2 Å². The van der Waals surface area contributed by atoms with E-state index in [1.54, 1.807) is 28.9 Å². The van der Waals surface area contributed by atoms with Crippen molar-refractivity contribution in [1.29, 1.82) is 0 Å². The van der Waals surface area contributed by atoms with Crippen LogP contribution in [0.5, 0.6) is 0 Å². The molecule has 1 aliphatic heterocycles. The van der Waals surface area contributed by atoms with Crippen LogP contribution in [0.15, 0.2) is 42.6 Å². The minimum Gasteiger partial charge on any atom is -0.358 e. The molecule has 1 unspecified atom stereocenters. The van der Waals surface area contributed by atoms with Gasteiger partial charge in [0.1, 0.15) is 17.7 Å². The van der Waals surface area contributed by atoms with E-state index in [0.29, 0.717) is 23.7 Å². The van der Waals surface area contributed by atoms with Crippen molar-refractivity contribution in [3.63, 3.8) is 0 Å². The third-order valence-corrected chi connectivity index (χ3v) is 4.36. The number of aromatic nitrogens is 3. The van der Waals surface area contributed by atoms with E-state index < -0.39 is 0 Å². The number of halogens is 1. The van der Waals surface area contributed by atoms with Crippen molar-refractivity contribution >= 4 is 17.4 Å². The molecule has 0 aliphatic carbocycles. The Morgan fingerprint density at radius 2 is 2.04 bits per heavy atom. The molecule has 0 saturated carbocycles. The SMILES string of the molecule is O=C1NCCCCC1Nc1cc(-c2ccc(F)cc2)nc2ccnn12. The van der Waals surface area contributed by atoms with Crippen LogP contribution in [-0.2, 0) is 4.79 Å². The largest absolute Gasteiger partial charge is 0.358 e. The number of anilines is 1. The van der Waals surface area contributed by atoms with Crippen molar-refractivity contribution in [3.8, 4) is 11.3 Å². The number of nitrogens with one attached hydrogen (secondary N) is 2. The van der Waals surface area contributed by atoms with Gasteiger partial charge in [-0.05, 0) is 43.5 Å². The second-order valence-corrected chi connectivity index (χ2v) is 6.12. The van der Waals surface area contributed by atoms with Gasteiger partial charge in [-0.25, -0.2) is 9.37 Å². The van der Waals surface area contributed by atoms with Gasteiger partial charge in [0.25, 0.3) is 0 Å². The summed E-state index contributed by atoms with van der Waals surface area (Å²) in [4.78, 5) is 16.8. The van der Waals surface area contributed by atoms with Gasteiger partial charge >= 0.3 is 0 Å². The highest BCUT2D eigenvalue weighted by atomic mass is 19.1. The number of nitrogens with zero attached hydrogens (tertiary/aromatic N) is 3. The molecule has 4 rings (SSSR count). The predicted octanol–water partition coefficient (Wildman–Crippen LogP) is 2.62. The van der Waals surface area contributed by atoms with Crippen molar-refractivity contribution in [2.75, 3.05) is 11.9 Å². The summed E-state index contributed by atoms with van der Waals surface area (Å²) in [5.41, 5.74) is 2.17. The van der Waals surface area contributed by atoms with E-state index in [9.17, 15) is 9.18 Å². The quantitative estimate of drug-likeness (QED) is 0.769. The number of fused-ring (bicyclic) bond motifs is 1. The number of amides is 1. The smallest absolute Gasteiger partial charge is 0.242 e. The van der Waals surface area contributed by atoms with E-state index in [2.05, 4.69) is 20.7 Å². The lowest BCUT2D eigenvalue weighted by molar-refractivity contribution is -0.121. The Bertz CT molecular complexity index is 905. The Hall–Kier alpha value is -2.96. The Balaban J connectivity index is 1.73. The predicted molar refractivity (Wildman–Crippen MR) is 92.7 cm³/mol. The third kappa shape index (κ3) is 3.17. The van der Waals surface area contributed by atoms with Gasteiger partial charge in [-0.1, -0.05) is 0 Å². The average molecular weight is 339 g/mol. The molecule has 2 aromatic heterocycles. The normalized spacial score (nSPS) is 18.0. The number of carbonyl (C=O) groups is 1. The van der Waals surface area contributed by atoms with Gasteiger partial charge in [-0.2, -0.15) is 9.61 Å². The average Bonchev–Trinajstić information content (AvgIpc) is 3.00. The third-order valence-electron chi connectivity index (χ3n) is 4.36. The monoisotopic (exact) mass is 339 g/mol. The molecule has 7 heteroatoms. The zero-order valence-corrected chi connectivity index (χ0v) is 13.6. The molecule has 1 atom stereocenters. The molecule has 0 spiro atoms. The van der Waals surface area contributed by atoms with Crippen molar-refractivity contribution in [2.24, 2.45) is 0 Å². The van der Waals surface area contributed by atoms with E-state index in [4.69, 9.17) is 0 Å². The molecule has 0 bridgehead atoms. The summed E-state index contributed by atoms with van der Waals surface area (Å²) in [5.74, 6) is 0.400. The van der Waals surface area contributed by atoms with Gasteiger partial charge in [-0.15, -0.1) is 0 Å². The standard InChI is InChI=1S/C18H18FN5O/c19-13-6-4-12(5-7-13)15-11-17(24-16(23-15)8-10-21-24)22-14-3-1-2-9-20-18(14)25/h4-8,10-11,14,22H,1-3,9H2,(H,20,25). The Morgan fingerprint density at radius 3 is 2.88 bits per heavy atom. The second kappa shape index (κ2) is 6.51. The van der Waals surface area contributed by atoms with E-state index in [1.807, 2.05) is 6.07 Å². The van der Waals surface area contributed by atoms with Crippen LogP contribution in [0.1, 0.15) is 19.3 Å². The van der Waals surface area contributed by atoms with Crippen LogP contribution in [0, 0.1) is 5.82 Å². The van der Waals surface area contributed by atoms with Crippen LogP contribution in [-0.4, -0.2) is 33.1 Å². The van der Waals surface area contributed by atoms with Gasteiger partial charge in [-0.3, -0.25) is 4.79 Å². The van der Waals surface area contributed by atoms with Crippen LogP contribution in [0.2, 0.25) is 0 Å². The Morgan fingerprint density at radius 1 is 1.20 bits per heavy atom. The first-order valence-corrected chi connectivity index (χ1v) is 8.36. The van der Waals surface area contributed by atoms with Gasteiger partial charge in [0.2, 0.25) is 5.91 Å². The summed E-state index contributed by atoms with van der Waals surface area (Å²) in [5, 5.41) is 10.5. The van der Waals surface area contributed by atoms with Gasteiger partial charge in [0.15, 0.2) is 5.65 Å². The summed E-state index contributed by atoms with van der Waals surface area (Å²) >= 11 is 0. The van der Waals surface area contributed by atoms with Gasteiger partial charge < -0.3 is 10.6 Å². The van der Waals surface area contributed by atoms with E-state index in [0.717, 1.165) is 24.8 Å². The van der Waals surface area contributed by atoms with Crippen molar-refractivity contribution in [3.05, 3.63) is 48.4 Å². The van der Waals surface area contributed by atoms with Crippen LogP contribution in [0.4, 0.5) is 10.2 Å². The molecule has 6 nitrogen and oxygen atoms in total. The number of hydrogen-bond acceptors (Lipinski definition) is 4.